The number of rotatable bonds is 6. The second kappa shape index (κ2) is 8.47. The number of carbonyl (C=O) groups is 1. The molecule has 0 saturated carbocycles. The van der Waals surface area contributed by atoms with E-state index in [-0.39, 0.29) is 0 Å². The lowest BCUT2D eigenvalue weighted by atomic mass is 10.1. The Balaban J connectivity index is 1.60. The molecule has 1 aliphatic rings. The van der Waals surface area contributed by atoms with Crippen LogP contribution in [0, 0.1) is 0 Å². The van der Waals surface area contributed by atoms with Crippen LogP contribution in [-0.4, -0.2) is 52.4 Å². The van der Waals surface area contributed by atoms with Gasteiger partial charge in [0.25, 0.3) is 0 Å². The molecule has 1 saturated heterocycles. The van der Waals surface area contributed by atoms with Gasteiger partial charge in [0.2, 0.25) is 12.4 Å². The summed E-state index contributed by atoms with van der Waals surface area (Å²) in [6.07, 6.45) is 4.50. The lowest BCUT2D eigenvalue weighted by molar-refractivity contribution is -0.118. The smallest absolute Gasteiger partial charge is 0.227 e. The van der Waals surface area contributed by atoms with Crippen molar-refractivity contribution in [1.29, 1.82) is 0 Å². The summed E-state index contributed by atoms with van der Waals surface area (Å²) in [7, 11) is 0. The van der Waals surface area contributed by atoms with E-state index in [2.05, 4.69) is 15.2 Å². The monoisotopic (exact) mass is 374 g/mol. The van der Waals surface area contributed by atoms with Gasteiger partial charge in [0.1, 0.15) is 5.82 Å². The third-order valence-electron chi connectivity index (χ3n) is 4.73. The maximum Gasteiger partial charge on any atom is 0.227 e. The summed E-state index contributed by atoms with van der Waals surface area (Å²) in [4.78, 5) is 28.5. The lowest BCUT2D eigenvalue weighted by Crippen LogP contribution is -2.46. The molecule has 0 unspecified atom stereocenters. The molecule has 7 nitrogen and oxygen atoms in total. The van der Waals surface area contributed by atoms with Crippen LogP contribution in [0.25, 0.3) is 11.3 Å². The Morgan fingerprint density at radius 1 is 1.00 bits per heavy atom. The molecule has 142 valence electrons. The van der Waals surface area contributed by atoms with E-state index in [1.54, 1.807) is 11.1 Å². The minimum absolute atomic E-state index is 0.636. The molecule has 0 aliphatic carbocycles. The van der Waals surface area contributed by atoms with Gasteiger partial charge in [-0.3, -0.25) is 9.78 Å². The van der Waals surface area contributed by atoms with Crippen molar-refractivity contribution in [2.75, 3.05) is 36.4 Å². The first-order chi connectivity index (χ1) is 13.8. The first kappa shape index (κ1) is 17.9. The number of nitrogens with one attached hydrogen (secondary N) is 1. The number of hydrogen-bond donors (Lipinski definition) is 1. The summed E-state index contributed by atoms with van der Waals surface area (Å²) in [5, 5.41) is 3.39. The number of amides is 1. The van der Waals surface area contributed by atoms with Gasteiger partial charge < -0.3 is 15.1 Å². The largest absolute Gasteiger partial charge is 0.366 e. The van der Waals surface area contributed by atoms with Crippen molar-refractivity contribution in [3.05, 3.63) is 66.5 Å². The molecule has 4 rings (SSSR count). The fourth-order valence-corrected chi connectivity index (χ4v) is 3.15. The van der Waals surface area contributed by atoms with Crippen LogP contribution in [-0.2, 0) is 11.3 Å². The molecule has 0 atom stereocenters. The highest BCUT2D eigenvalue weighted by Gasteiger charge is 2.19. The number of nitrogens with zero attached hydrogens (tertiary/aromatic N) is 5. The van der Waals surface area contributed by atoms with Crippen molar-refractivity contribution >= 4 is 18.2 Å². The topological polar surface area (TPSA) is 74.2 Å². The third kappa shape index (κ3) is 4.25. The van der Waals surface area contributed by atoms with E-state index in [1.165, 1.54) is 0 Å². The molecule has 28 heavy (non-hydrogen) atoms. The summed E-state index contributed by atoms with van der Waals surface area (Å²) in [6.45, 7) is 3.44. The Hall–Kier alpha value is -3.48. The minimum atomic E-state index is 0.636. The molecule has 7 heteroatoms. The summed E-state index contributed by atoms with van der Waals surface area (Å²) < 4.78 is 0. The van der Waals surface area contributed by atoms with Gasteiger partial charge in [-0.15, -0.1) is 0 Å². The highest BCUT2D eigenvalue weighted by molar-refractivity contribution is 5.64. The number of hydrogen-bond acceptors (Lipinski definition) is 6. The van der Waals surface area contributed by atoms with Gasteiger partial charge in [-0.2, -0.15) is 4.98 Å². The molecular formula is C21H22N6O. The molecule has 3 heterocycles. The molecule has 0 spiro atoms. The summed E-state index contributed by atoms with van der Waals surface area (Å²) >= 11 is 0. The average Bonchev–Trinajstić information content (AvgIpc) is 2.79. The molecule has 1 fully saturated rings. The molecule has 1 amide bonds. The predicted octanol–water partition coefficient (Wildman–Crippen LogP) is 2.43. The predicted molar refractivity (Wildman–Crippen MR) is 109 cm³/mol. The first-order valence-corrected chi connectivity index (χ1v) is 9.33. The van der Waals surface area contributed by atoms with E-state index < -0.39 is 0 Å². The fraction of sp³-hybridized carbons (Fsp3) is 0.238. The SMILES string of the molecule is O=CN1CCN(c2nc(NCc3cccnc3)cc(-c3ccccc3)n2)CC1. The summed E-state index contributed by atoms with van der Waals surface area (Å²) in [5.74, 6) is 1.45. The van der Waals surface area contributed by atoms with Crippen LogP contribution < -0.4 is 10.2 Å². The van der Waals surface area contributed by atoms with Gasteiger partial charge in [-0.25, -0.2) is 4.98 Å². The average molecular weight is 374 g/mol. The van der Waals surface area contributed by atoms with Crippen molar-refractivity contribution in [1.82, 2.24) is 19.9 Å². The van der Waals surface area contributed by atoms with Crippen molar-refractivity contribution in [3.8, 4) is 11.3 Å². The quantitative estimate of drug-likeness (QED) is 0.668. The van der Waals surface area contributed by atoms with Gasteiger partial charge in [0.15, 0.2) is 0 Å². The number of carbonyl (C=O) groups excluding carboxylic acids is 1. The standard InChI is InChI=1S/C21H22N6O/c28-16-26-9-11-27(12-10-26)21-24-19(18-6-2-1-3-7-18)13-20(25-21)23-15-17-5-4-8-22-14-17/h1-8,13-14,16H,9-12,15H2,(H,23,24,25). The zero-order valence-electron chi connectivity index (χ0n) is 15.5. The fourth-order valence-electron chi connectivity index (χ4n) is 3.15. The second-order valence-electron chi connectivity index (χ2n) is 6.65. The van der Waals surface area contributed by atoms with Crippen LogP contribution in [0.3, 0.4) is 0 Å². The van der Waals surface area contributed by atoms with Crippen molar-refractivity contribution in [2.24, 2.45) is 0 Å². The third-order valence-corrected chi connectivity index (χ3v) is 4.73. The molecule has 1 aliphatic heterocycles. The van der Waals surface area contributed by atoms with Crippen molar-refractivity contribution < 1.29 is 4.79 Å². The molecule has 0 radical (unpaired) electrons. The van der Waals surface area contributed by atoms with Crippen molar-refractivity contribution in [3.63, 3.8) is 0 Å². The zero-order valence-corrected chi connectivity index (χ0v) is 15.5. The molecule has 3 aromatic rings. The first-order valence-electron chi connectivity index (χ1n) is 9.33. The Kier molecular flexibility index (Phi) is 5.42. The number of pyridine rings is 1. The van der Waals surface area contributed by atoms with Crippen LogP contribution in [0.1, 0.15) is 5.56 Å². The second-order valence-corrected chi connectivity index (χ2v) is 6.65. The van der Waals surface area contributed by atoms with E-state index in [9.17, 15) is 4.79 Å². The molecule has 1 N–H and O–H groups in total. The van der Waals surface area contributed by atoms with Crippen LogP contribution >= 0.6 is 0 Å². The Morgan fingerprint density at radius 2 is 1.82 bits per heavy atom. The van der Waals surface area contributed by atoms with Gasteiger partial charge in [0, 0.05) is 56.7 Å². The van der Waals surface area contributed by atoms with Gasteiger partial charge >= 0.3 is 0 Å². The number of aromatic nitrogens is 3. The number of anilines is 2. The minimum Gasteiger partial charge on any atom is -0.366 e. The summed E-state index contributed by atoms with van der Waals surface area (Å²) in [5.41, 5.74) is 3.00. The van der Waals surface area contributed by atoms with Gasteiger partial charge in [-0.1, -0.05) is 36.4 Å². The molecule has 2 aromatic heterocycles. The summed E-state index contributed by atoms with van der Waals surface area (Å²) in [6, 6.07) is 16.0. The van der Waals surface area contributed by atoms with E-state index >= 15 is 0 Å². The van der Waals surface area contributed by atoms with Crippen molar-refractivity contribution in [2.45, 2.75) is 6.54 Å². The normalized spacial score (nSPS) is 14.0. The Bertz CT molecular complexity index is 911. The molecule has 0 bridgehead atoms. The van der Waals surface area contributed by atoms with E-state index in [0.717, 1.165) is 42.1 Å². The maximum absolute atomic E-state index is 11.0. The Morgan fingerprint density at radius 3 is 2.54 bits per heavy atom. The van der Waals surface area contributed by atoms with Gasteiger partial charge in [-0.05, 0) is 11.6 Å². The van der Waals surface area contributed by atoms with E-state index in [4.69, 9.17) is 9.97 Å². The highest BCUT2D eigenvalue weighted by Crippen LogP contribution is 2.23. The zero-order chi connectivity index (χ0) is 19.2. The lowest BCUT2D eigenvalue weighted by Gasteiger charge is -2.32. The number of piperazine rings is 1. The maximum atomic E-state index is 11.0. The highest BCUT2D eigenvalue weighted by atomic mass is 16.1. The van der Waals surface area contributed by atoms with E-state index in [0.29, 0.717) is 25.6 Å². The van der Waals surface area contributed by atoms with E-state index in [1.807, 2.05) is 54.7 Å². The Labute approximate surface area is 164 Å². The van der Waals surface area contributed by atoms with Gasteiger partial charge in [0.05, 0.1) is 5.69 Å². The molecular weight excluding hydrogens is 352 g/mol. The molecule has 1 aromatic carbocycles. The van der Waals surface area contributed by atoms with Crippen LogP contribution in [0.15, 0.2) is 60.9 Å². The van der Waals surface area contributed by atoms with Crippen LogP contribution in [0.5, 0.6) is 0 Å². The number of benzene rings is 1. The van der Waals surface area contributed by atoms with Crippen LogP contribution in [0.4, 0.5) is 11.8 Å². The van der Waals surface area contributed by atoms with Crippen LogP contribution in [0.2, 0.25) is 0 Å².